The van der Waals surface area contributed by atoms with Crippen LogP contribution in [0.5, 0.6) is 0 Å². The van der Waals surface area contributed by atoms with Crippen molar-refractivity contribution >= 4 is 0 Å². The first-order valence-corrected chi connectivity index (χ1v) is 8.60. The van der Waals surface area contributed by atoms with Crippen LogP contribution in [0.3, 0.4) is 0 Å². The Morgan fingerprint density at radius 2 is 1.76 bits per heavy atom. The highest BCUT2D eigenvalue weighted by Crippen LogP contribution is 2.30. The highest BCUT2D eigenvalue weighted by Gasteiger charge is 2.28. The van der Waals surface area contributed by atoms with Crippen molar-refractivity contribution in [2.24, 2.45) is 5.92 Å². The van der Waals surface area contributed by atoms with Crippen molar-refractivity contribution in [2.45, 2.75) is 57.4 Å². The molecule has 2 fully saturated rings. The second-order valence-electron chi connectivity index (χ2n) is 6.42. The summed E-state index contributed by atoms with van der Waals surface area (Å²) in [5, 5.41) is 0. The van der Waals surface area contributed by atoms with Gasteiger partial charge in [-0.1, -0.05) is 37.7 Å². The van der Waals surface area contributed by atoms with E-state index in [-0.39, 0.29) is 0 Å². The third kappa shape index (κ3) is 4.08. The summed E-state index contributed by atoms with van der Waals surface area (Å²) < 4.78 is 0. The molecule has 1 atom stereocenters. The standard InChI is InChI=1S/C19H26N2/c1-3-9-17(10-4-1)19(21-15-7-2-8-16-21)13-12-18-11-5-6-14-20-18/h5-6,11,14,17,19H,1-4,7-10,15-16H2/t19-/m0/s1. The molecule has 1 saturated carbocycles. The van der Waals surface area contributed by atoms with Crippen LogP contribution < -0.4 is 0 Å². The fourth-order valence-corrected chi connectivity index (χ4v) is 3.74. The van der Waals surface area contributed by atoms with Crippen molar-refractivity contribution in [3.05, 3.63) is 30.1 Å². The van der Waals surface area contributed by atoms with Crippen LogP contribution in [0.2, 0.25) is 0 Å². The molecule has 21 heavy (non-hydrogen) atoms. The van der Waals surface area contributed by atoms with Crippen LogP contribution >= 0.6 is 0 Å². The van der Waals surface area contributed by atoms with E-state index in [0.29, 0.717) is 6.04 Å². The largest absolute Gasteiger partial charge is 0.290 e. The predicted molar refractivity (Wildman–Crippen MR) is 86.9 cm³/mol. The zero-order valence-corrected chi connectivity index (χ0v) is 12.9. The molecule has 112 valence electrons. The number of rotatable bonds is 2. The van der Waals surface area contributed by atoms with Crippen molar-refractivity contribution in [1.82, 2.24) is 9.88 Å². The molecule has 0 amide bonds. The van der Waals surface area contributed by atoms with Gasteiger partial charge in [0.05, 0.1) is 6.04 Å². The molecule has 0 aromatic carbocycles. The highest BCUT2D eigenvalue weighted by molar-refractivity contribution is 5.29. The zero-order chi connectivity index (χ0) is 14.3. The van der Waals surface area contributed by atoms with Gasteiger partial charge < -0.3 is 0 Å². The van der Waals surface area contributed by atoms with E-state index < -0.39 is 0 Å². The third-order valence-corrected chi connectivity index (χ3v) is 4.89. The van der Waals surface area contributed by atoms with Crippen LogP contribution in [0.4, 0.5) is 0 Å². The van der Waals surface area contributed by atoms with Crippen LogP contribution in [0, 0.1) is 17.8 Å². The molecular weight excluding hydrogens is 256 g/mol. The molecule has 0 N–H and O–H groups in total. The number of piperidine rings is 1. The molecule has 2 heterocycles. The lowest BCUT2D eigenvalue weighted by Crippen LogP contribution is -2.43. The Bertz CT molecular complexity index is 455. The summed E-state index contributed by atoms with van der Waals surface area (Å²) in [6.07, 6.45) is 12.8. The second-order valence-corrected chi connectivity index (χ2v) is 6.42. The molecule has 1 aromatic rings. The molecule has 1 aliphatic carbocycles. The van der Waals surface area contributed by atoms with Gasteiger partial charge >= 0.3 is 0 Å². The van der Waals surface area contributed by atoms with Crippen LogP contribution in [0.1, 0.15) is 57.1 Å². The minimum Gasteiger partial charge on any atom is -0.290 e. The first-order chi connectivity index (χ1) is 10.4. The highest BCUT2D eigenvalue weighted by atomic mass is 15.2. The van der Waals surface area contributed by atoms with Gasteiger partial charge in [-0.2, -0.15) is 0 Å². The molecule has 0 unspecified atom stereocenters. The molecule has 2 aliphatic rings. The van der Waals surface area contributed by atoms with Gasteiger partial charge in [0, 0.05) is 6.20 Å². The SMILES string of the molecule is C(#C[C@@H](C1CCCCC1)N1CCCCC1)c1ccccn1. The Balaban J connectivity index is 1.76. The monoisotopic (exact) mass is 282 g/mol. The zero-order valence-electron chi connectivity index (χ0n) is 12.9. The van der Waals surface area contributed by atoms with Gasteiger partial charge in [-0.05, 0) is 62.7 Å². The van der Waals surface area contributed by atoms with Crippen molar-refractivity contribution in [3.8, 4) is 11.8 Å². The van der Waals surface area contributed by atoms with Gasteiger partial charge in [0.1, 0.15) is 5.69 Å². The summed E-state index contributed by atoms with van der Waals surface area (Å²) in [6.45, 7) is 2.47. The maximum absolute atomic E-state index is 4.35. The van der Waals surface area contributed by atoms with Gasteiger partial charge in [-0.25, -0.2) is 4.98 Å². The van der Waals surface area contributed by atoms with E-state index in [4.69, 9.17) is 0 Å². The lowest BCUT2D eigenvalue weighted by Gasteiger charge is -2.37. The van der Waals surface area contributed by atoms with E-state index in [2.05, 4.69) is 21.7 Å². The normalized spacial score (nSPS) is 22.3. The summed E-state index contributed by atoms with van der Waals surface area (Å²) in [7, 11) is 0. The van der Waals surface area contributed by atoms with E-state index >= 15 is 0 Å². The summed E-state index contributed by atoms with van der Waals surface area (Å²) in [5.41, 5.74) is 0.912. The fraction of sp³-hybridized carbons (Fsp3) is 0.632. The van der Waals surface area contributed by atoms with E-state index in [1.165, 1.54) is 64.5 Å². The number of likely N-dealkylation sites (tertiary alicyclic amines) is 1. The maximum atomic E-state index is 4.35. The smallest absolute Gasteiger partial charge is 0.113 e. The summed E-state index contributed by atoms with van der Waals surface area (Å²) in [4.78, 5) is 7.00. The second kappa shape index (κ2) is 7.61. The van der Waals surface area contributed by atoms with Gasteiger partial charge in [-0.3, -0.25) is 4.90 Å². The van der Waals surface area contributed by atoms with Crippen molar-refractivity contribution in [1.29, 1.82) is 0 Å². The lowest BCUT2D eigenvalue weighted by atomic mass is 9.83. The molecule has 1 saturated heterocycles. The fourth-order valence-electron chi connectivity index (χ4n) is 3.74. The molecule has 1 aliphatic heterocycles. The average molecular weight is 282 g/mol. The Hall–Kier alpha value is -1.33. The van der Waals surface area contributed by atoms with E-state index in [0.717, 1.165) is 11.6 Å². The average Bonchev–Trinajstić information content (AvgIpc) is 2.58. The molecule has 2 nitrogen and oxygen atoms in total. The van der Waals surface area contributed by atoms with Crippen LogP contribution in [-0.2, 0) is 0 Å². The molecule has 3 rings (SSSR count). The number of pyridine rings is 1. The minimum absolute atomic E-state index is 0.451. The van der Waals surface area contributed by atoms with E-state index in [9.17, 15) is 0 Å². The van der Waals surface area contributed by atoms with E-state index in [1.54, 1.807) is 0 Å². The van der Waals surface area contributed by atoms with Crippen molar-refractivity contribution in [3.63, 3.8) is 0 Å². The van der Waals surface area contributed by atoms with Gasteiger partial charge in [0.2, 0.25) is 0 Å². The number of aromatic nitrogens is 1. The molecule has 0 bridgehead atoms. The summed E-state index contributed by atoms with van der Waals surface area (Å²) in [6, 6.07) is 6.44. The molecule has 0 spiro atoms. The topological polar surface area (TPSA) is 16.1 Å². The van der Waals surface area contributed by atoms with Gasteiger partial charge in [-0.15, -0.1) is 0 Å². The maximum Gasteiger partial charge on any atom is 0.113 e. The van der Waals surface area contributed by atoms with Crippen molar-refractivity contribution < 1.29 is 0 Å². The minimum atomic E-state index is 0.451. The Morgan fingerprint density at radius 1 is 1.00 bits per heavy atom. The molecular formula is C19H26N2. The first-order valence-electron chi connectivity index (χ1n) is 8.60. The van der Waals surface area contributed by atoms with Crippen LogP contribution in [0.15, 0.2) is 24.4 Å². The quantitative estimate of drug-likeness (QED) is 0.766. The Kier molecular flexibility index (Phi) is 5.29. The lowest BCUT2D eigenvalue weighted by molar-refractivity contribution is 0.133. The van der Waals surface area contributed by atoms with E-state index in [1.807, 2.05) is 24.4 Å². The van der Waals surface area contributed by atoms with Gasteiger partial charge in [0.25, 0.3) is 0 Å². The summed E-state index contributed by atoms with van der Waals surface area (Å²) in [5.74, 6) is 7.70. The number of hydrogen-bond donors (Lipinski definition) is 0. The summed E-state index contributed by atoms with van der Waals surface area (Å²) >= 11 is 0. The Morgan fingerprint density at radius 3 is 2.48 bits per heavy atom. The van der Waals surface area contributed by atoms with Crippen LogP contribution in [0.25, 0.3) is 0 Å². The Labute approximate surface area is 129 Å². The van der Waals surface area contributed by atoms with Crippen molar-refractivity contribution in [2.75, 3.05) is 13.1 Å². The molecule has 0 radical (unpaired) electrons. The van der Waals surface area contributed by atoms with Crippen LogP contribution in [-0.4, -0.2) is 29.0 Å². The molecule has 1 aromatic heterocycles. The molecule has 2 heteroatoms. The first kappa shape index (κ1) is 14.6. The number of hydrogen-bond acceptors (Lipinski definition) is 2. The number of nitrogens with zero attached hydrogens (tertiary/aromatic N) is 2. The van der Waals surface area contributed by atoms with Gasteiger partial charge in [0.15, 0.2) is 0 Å². The predicted octanol–water partition coefficient (Wildman–Crippen LogP) is 3.87. The third-order valence-electron chi connectivity index (χ3n) is 4.89.